The summed E-state index contributed by atoms with van der Waals surface area (Å²) < 4.78 is 0. The Balaban J connectivity index is 2.11. The van der Waals surface area contributed by atoms with Crippen LogP contribution >= 0.6 is 23.2 Å². The molecule has 0 saturated carbocycles. The second-order valence-electron chi connectivity index (χ2n) is 4.48. The molecule has 2 N–H and O–H groups in total. The molecule has 0 aliphatic heterocycles. The molecule has 0 aliphatic carbocycles. The number of benzene rings is 1. The third-order valence-corrected chi connectivity index (χ3v) is 3.22. The maximum atomic E-state index is 12.1. The van der Waals surface area contributed by atoms with Crippen LogP contribution in [-0.4, -0.2) is 22.6 Å². The summed E-state index contributed by atoms with van der Waals surface area (Å²) in [6.07, 6.45) is 1.44. The Hall–Kier alpha value is -1.62. The molecule has 110 valence electrons. The molecule has 0 atom stereocenters. The molecule has 0 fully saturated rings. The summed E-state index contributed by atoms with van der Waals surface area (Å²) in [5.74, 6) is -0.305. The second kappa shape index (κ2) is 7.41. The van der Waals surface area contributed by atoms with Gasteiger partial charge in [-0.2, -0.15) is 0 Å². The molecule has 1 aromatic heterocycles. The lowest BCUT2D eigenvalue weighted by atomic mass is 10.1. The summed E-state index contributed by atoms with van der Waals surface area (Å²) in [5, 5.41) is 12.0. The molecule has 21 heavy (non-hydrogen) atoms. The number of pyridine rings is 1. The predicted molar refractivity (Wildman–Crippen MR) is 84.1 cm³/mol. The molecule has 0 saturated heterocycles. The number of nitrogens with zero attached hydrogens (tertiary/aromatic N) is 1. The van der Waals surface area contributed by atoms with Crippen LogP contribution < -0.4 is 5.32 Å². The number of nitrogens with one attached hydrogen (secondary N) is 1. The zero-order valence-corrected chi connectivity index (χ0v) is 12.7. The molecule has 1 heterocycles. The minimum Gasteiger partial charge on any atom is -0.396 e. The van der Waals surface area contributed by atoms with Crippen LogP contribution in [0.1, 0.15) is 22.3 Å². The van der Waals surface area contributed by atoms with Crippen molar-refractivity contribution in [3.63, 3.8) is 0 Å². The number of anilines is 1. The van der Waals surface area contributed by atoms with Crippen LogP contribution in [0.15, 0.2) is 36.4 Å². The van der Waals surface area contributed by atoms with Crippen LogP contribution in [0.3, 0.4) is 0 Å². The van der Waals surface area contributed by atoms with Crippen molar-refractivity contribution < 1.29 is 9.90 Å². The van der Waals surface area contributed by atoms with Gasteiger partial charge >= 0.3 is 0 Å². The molecule has 0 bridgehead atoms. The highest BCUT2D eigenvalue weighted by atomic mass is 35.5. The molecule has 4 nitrogen and oxygen atoms in total. The summed E-state index contributed by atoms with van der Waals surface area (Å²) in [6, 6.07) is 10.4. The molecule has 2 rings (SSSR count). The van der Waals surface area contributed by atoms with E-state index >= 15 is 0 Å². The Bertz CT molecular complexity index is 627. The maximum absolute atomic E-state index is 12.1. The van der Waals surface area contributed by atoms with Crippen LogP contribution in [0.2, 0.25) is 10.3 Å². The van der Waals surface area contributed by atoms with Crippen molar-refractivity contribution in [2.75, 3.05) is 11.9 Å². The number of halogens is 2. The van der Waals surface area contributed by atoms with Gasteiger partial charge in [0.15, 0.2) is 0 Å². The van der Waals surface area contributed by atoms with Gasteiger partial charge in [0.2, 0.25) is 0 Å². The first-order valence-corrected chi connectivity index (χ1v) is 7.18. The van der Waals surface area contributed by atoms with Crippen molar-refractivity contribution in [3.8, 4) is 0 Å². The minimum atomic E-state index is -0.305. The van der Waals surface area contributed by atoms with Crippen molar-refractivity contribution in [1.82, 2.24) is 4.98 Å². The summed E-state index contributed by atoms with van der Waals surface area (Å²) in [5.41, 5.74) is 2.08. The number of carbonyl (C=O) groups is 1. The van der Waals surface area contributed by atoms with Crippen molar-refractivity contribution >= 4 is 34.8 Å². The first-order chi connectivity index (χ1) is 10.1. The quantitative estimate of drug-likeness (QED) is 0.826. The first-order valence-electron chi connectivity index (χ1n) is 6.43. The van der Waals surface area contributed by atoms with E-state index in [2.05, 4.69) is 10.3 Å². The van der Waals surface area contributed by atoms with E-state index in [1.165, 1.54) is 12.1 Å². The average molecular weight is 325 g/mol. The largest absolute Gasteiger partial charge is 0.396 e. The third-order valence-electron chi connectivity index (χ3n) is 2.83. The van der Waals surface area contributed by atoms with Gasteiger partial charge in [0.05, 0.1) is 0 Å². The molecule has 0 unspecified atom stereocenters. The van der Waals surface area contributed by atoms with E-state index in [1.807, 2.05) is 18.2 Å². The molecular formula is C15H14Cl2N2O2. The van der Waals surface area contributed by atoms with Crippen molar-refractivity contribution in [1.29, 1.82) is 0 Å². The van der Waals surface area contributed by atoms with Gasteiger partial charge in [-0.25, -0.2) is 4.98 Å². The van der Waals surface area contributed by atoms with Crippen LogP contribution in [-0.2, 0) is 6.42 Å². The predicted octanol–water partition coefficient (Wildman–Crippen LogP) is 3.57. The molecule has 0 spiro atoms. The smallest absolute Gasteiger partial charge is 0.255 e. The monoisotopic (exact) mass is 324 g/mol. The Morgan fingerprint density at radius 2 is 1.90 bits per heavy atom. The fraction of sp³-hybridized carbons (Fsp3) is 0.200. The van der Waals surface area contributed by atoms with E-state index in [0.717, 1.165) is 12.0 Å². The van der Waals surface area contributed by atoms with Crippen LogP contribution in [0.5, 0.6) is 0 Å². The summed E-state index contributed by atoms with van der Waals surface area (Å²) in [6.45, 7) is 0.143. The standard InChI is InChI=1S/C15H14Cl2N2O2/c16-13-8-11(9-14(17)19-13)15(21)18-12-5-1-3-10(7-12)4-2-6-20/h1,3,5,7-9,20H,2,4,6H2,(H,18,21). The number of aliphatic hydroxyl groups is 1. The Labute approximate surface area is 132 Å². The van der Waals surface area contributed by atoms with Crippen LogP contribution in [0, 0.1) is 0 Å². The molecular weight excluding hydrogens is 311 g/mol. The Morgan fingerprint density at radius 3 is 2.57 bits per heavy atom. The lowest BCUT2D eigenvalue weighted by Crippen LogP contribution is -2.12. The second-order valence-corrected chi connectivity index (χ2v) is 5.26. The van der Waals surface area contributed by atoms with Gasteiger partial charge in [-0.1, -0.05) is 35.3 Å². The number of aromatic nitrogens is 1. The summed E-state index contributed by atoms with van der Waals surface area (Å²) >= 11 is 11.6. The first kappa shape index (κ1) is 15.8. The van der Waals surface area contributed by atoms with E-state index in [0.29, 0.717) is 17.7 Å². The summed E-state index contributed by atoms with van der Waals surface area (Å²) in [7, 11) is 0. The molecule has 1 amide bonds. The Kier molecular flexibility index (Phi) is 5.56. The van der Waals surface area contributed by atoms with Gasteiger partial charge in [-0.3, -0.25) is 4.79 Å². The van der Waals surface area contributed by atoms with E-state index in [9.17, 15) is 4.79 Å². The lowest BCUT2D eigenvalue weighted by molar-refractivity contribution is 0.102. The molecule has 0 aliphatic rings. The lowest BCUT2D eigenvalue weighted by Gasteiger charge is -2.08. The fourth-order valence-electron chi connectivity index (χ4n) is 1.89. The number of aryl methyl sites for hydroxylation is 1. The molecule has 6 heteroatoms. The summed E-state index contributed by atoms with van der Waals surface area (Å²) in [4.78, 5) is 15.9. The highest BCUT2D eigenvalue weighted by molar-refractivity contribution is 6.33. The number of hydrogen-bond donors (Lipinski definition) is 2. The Morgan fingerprint density at radius 1 is 1.19 bits per heavy atom. The van der Waals surface area contributed by atoms with Crippen LogP contribution in [0.4, 0.5) is 5.69 Å². The van der Waals surface area contributed by atoms with Gasteiger partial charge in [-0.05, 0) is 42.7 Å². The minimum absolute atomic E-state index is 0.143. The van der Waals surface area contributed by atoms with Crippen molar-refractivity contribution in [2.24, 2.45) is 0 Å². The molecule has 2 aromatic rings. The number of amides is 1. The number of carbonyl (C=O) groups excluding carboxylic acids is 1. The zero-order valence-electron chi connectivity index (χ0n) is 11.1. The number of aliphatic hydroxyl groups excluding tert-OH is 1. The van der Waals surface area contributed by atoms with Crippen molar-refractivity contribution in [3.05, 3.63) is 57.8 Å². The van der Waals surface area contributed by atoms with E-state index in [1.54, 1.807) is 6.07 Å². The van der Waals surface area contributed by atoms with Gasteiger partial charge in [0, 0.05) is 17.9 Å². The number of rotatable bonds is 5. The molecule has 0 radical (unpaired) electrons. The maximum Gasteiger partial charge on any atom is 0.255 e. The van der Waals surface area contributed by atoms with Gasteiger partial charge in [0.1, 0.15) is 10.3 Å². The topological polar surface area (TPSA) is 62.2 Å². The van der Waals surface area contributed by atoms with E-state index < -0.39 is 0 Å². The van der Waals surface area contributed by atoms with Gasteiger partial charge < -0.3 is 10.4 Å². The zero-order chi connectivity index (χ0) is 15.2. The highest BCUT2D eigenvalue weighted by Gasteiger charge is 2.09. The normalized spacial score (nSPS) is 10.4. The number of hydrogen-bond acceptors (Lipinski definition) is 3. The van der Waals surface area contributed by atoms with Crippen molar-refractivity contribution in [2.45, 2.75) is 12.8 Å². The molecule has 1 aromatic carbocycles. The van der Waals surface area contributed by atoms with E-state index in [4.69, 9.17) is 28.3 Å². The highest BCUT2D eigenvalue weighted by Crippen LogP contribution is 2.17. The van der Waals surface area contributed by atoms with Gasteiger partial charge in [0.25, 0.3) is 5.91 Å². The van der Waals surface area contributed by atoms with Gasteiger partial charge in [-0.15, -0.1) is 0 Å². The fourth-order valence-corrected chi connectivity index (χ4v) is 2.35. The SMILES string of the molecule is O=C(Nc1cccc(CCCO)c1)c1cc(Cl)nc(Cl)c1. The average Bonchev–Trinajstić information content (AvgIpc) is 2.44. The van der Waals surface area contributed by atoms with Crippen LogP contribution in [0.25, 0.3) is 0 Å². The third kappa shape index (κ3) is 4.70. The van der Waals surface area contributed by atoms with E-state index in [-0.39, 0.29) is 22.8 Å².